The van der Waals surface area contributed by atoms with Gasteiger partial charge in [-0.25, -0.2) is 9.97 Å². The van der Waals surface area contributed by atoms with Crippen LogP contribution in [0.15, 0.2) is 54.4 Å². The molecule has 0 radical (unpaired) electrons. The van der Waals surface area contributed by atoms with Crippen molar-refractivity contribution in [1.82, 2.24) is 15.3 Å². The number of hydrogen-bond donors (Lipinski definition) is 2. The lowest BCUT2D eigenvalue weighted by atomic mass is 9.85. The zero-order valence-electron chi connectivity index (χ0n) is 20.4. The summed E-state index contributed by atoms with van der Waals surface area (Å²) in [5.74, 6) is 0.0898. The summed E-state index contributed by atoms with van der Waals surface area (Å²) in [6.45, 7) is -2.59. The summed E-state index contributed by atoms with van der Waals surface area (Å²) in [6, 6.07) is 11.0. The Morgan fingerprint density at radius 1 is 1.13 bits per heavy atom. The molecule has 3 aromatic rings. The highest BCUT2D eigenvalue weighted by atomic mass is 19.3. The second-order valence-corrected chi connectivity index (χ2v) is 10.5. The smallest absolute Gasteiger partial charge is 0.387 e. The maximum absolute atomic E-state index is 13.3. The van der Waals surface area contributed by atoms with Gasteiger partial charge in [0.15, 0.2) is 11.4 Å². The lowest BCUT2D eigenvalue weighted by molar-refractivity contribution is -0.189. The Hall–Kier alpha value is -3.69. The molecule has 2 N–H and O–H groups in total. The first-order chi connectivity index (χ1) is 18.4. The molecule has 2 aliphatic carbocycles. The molecule has 2 fully saturated rings. The lowest BCUT2D eigenvalue weighted by Crippen LogP contribution is -2.47. The normalized spacial score (nSPS) is 24.7. The van der Waals surface area contributed by atoms with Crippen LogP contribution in [0.2, 0.25) is 0 Å². The van der Waals surface area contributed by atoms with Crippen LogP contribution in [0.5, 0.6) is 5.75 Å². The number of ether oxygens (including phenoxy) is 2. The van der Waals surface area contributed by atoms with E-state index in [4.69, 9.17) is 9.47 Å². The fourth-order valence-electron chi connectivity index (χ4n) is 6.38. The van der Waals surface area contributed by atoms with Crippen molar-refractivity contribution in [2.45, 2.75) is 43.4 Å². The van der Waals surface area contributed by atoms with Crippen LogP contribution < -0.4 is 10.1 Å². The summed E-state index contributed by atoms with van der Waals surface area (Å²) < 4.78 is 36.5. The quantitative estimate of drug-likeness (QED) is 0.539. The van der Waals surface area contributed by atoms with Crippen LogP contribution in [0.4, 0.5) is 8.78 Å². The predicted octanol–water partition coefficient (Wildman–Crippen LogP) is 4.21. The molecule has 9 heteroatoms. The van der Waals surface area contributed by atoms with Gasteiger partial charge in [0, 0.05) is 47.0 Å². The van der Waals surface area contributed by atoms with E-state index in [0.29, 0.717) is 23.4 Å². The van der Waals surface area contributed by atoms with Crippen LogP contribution in [0, 0.1) is 5.92 Å². The lowest BCUT2D eigenvalue weighted by Gasteiger charge is -2.34. The summed E-state index contributed by atoms with van der Waals surface area (Å²) in [4.78, 5) is 21.8. The van der Waals surface area contributed by atoms with Crippen molar-refractivity contribution in [3.05, 3.63) is 82.4 Å². The molecule has 1 saturated carbocycles. The minimum Gasteiger partial charge on any atom is -0.434 e. The topological polar surface area (TPSA) is 93.6 Å². The SMILES string of the molecule is O=C1NC2C[C@H](C3=Cc4cc(-c5cnc(C6(O)COC6)nc5)ccc4CCC32)c2c(OC(F)F)cccc21. The van der Waals surface area contributed by atoms with E-state index in [1.807, 2.05) is 6.07 Å². The van der Waals surface area contributed by atoms with Crippen molar-refractivity contribution in [2.24, 2.45) is 5.92 Å². The molecule has 1 saturated heterocycles. The van der Waals surface area contributed by atoms with Crippen LogP contribution in [0.3, 0.4) is 0 Å². The van der Waals surface area contributed by atoms with Crippen LogP contribution in [-0.2, 0) is 16.8 Å². The molecule has 7 rings (SSSR count). The van der Waals surface area contributed by atoms with E-state index in [1.165, 1.54) is 11.6 Å². The van der Waals surface area contributed by atoms with E-state index >= 15 is 0 Å². The van der Waals surface area contributed by atoms with E-state index < -0.39 is 12.2 Å². The zero-order valence-corrected chi connectivity index (χ0v) is 20.4. The average Bonchev–Trinajstić information content (AvgIpc) is 3.01. The number of alkyl halides is 2. The number of aromatic nitrogens is 2. The number of carbonyl (C=O) groups is 1. The Bertz CT molecular complexity index is 1470. The molecule has 3 heterocycles. The summed E-state index contributed by atoms with van der Waals surface area (Å²) in [7, 11) is 0. The highest BCUT2D eigenvalue weighted by Crippen LogP contribution is 2.52. The van der Waals surface area contributed by atoms with Gasteiger partial charge in [-0.05, 0) is 54.2 Å². The van der Waals surface area contributed by atoms with E-state index in [0.717, 1.165) is 35.1 Å². The third kappa shape index (κ3) is 3.72. The number of nitrogens with zero attached hydrogens (tertiary/aromatic N) is 2. The first kappa shape index (κ1) is 23.4. The van der Waals surface area contributed by atoms with E-state index in [1.54, 1.807) is 24.5 Å². The number of halogens is 2. The number of amides is 1. The molecule has 2 aromatic carbocycles. The second-order valence-electron chi connectivity index (χ2n) is 10.5. The van der Waals surface area contributed by atoms with Gasteiger partial charge in [0.25, 0.3) is 5.91 Å². The number of benzene rings is 2. The largest absolute Gasteiger partial charge is 0.434 e. The first-order valence-corrected chi connectivity index (χ1v) is 12.8. The van der Waals surface area contributed by atoms with Gasteiger partial charge in [0.2, 0.25) is 0 Å². The van der Waals surface area contributed by atoms with Gasteiger partial charge in [-0.15, -0.1) is 0 Å². The van der Waals surface area contributed by atoms with Gasteiger partial charge in [-0.1, -0.05) is 29.8 Å². The number of nitrogens with one attached hydrogen (secondary N) is 1. The van der Waals surface area contributed by atoms with Crippen molar-refractivity contribution < 1.29 is 28.2 Å². The molecule has 1 amide bonds. The number of hydrogen-bond acceptors (Lipinski definition) is 6. The Labute approximate surface area is 217 Å². The molecule has 4 aliphatic rings. The number of rotatable bonds is 4. The third-order valence-corrected chi connectivity index (χ3v) is 8.27. The number of fused-ring (bicyclic) bond motifs is 8. The van der Waals surface area contributed by atoms with Crippen LogP contribution in [-0.4, -0.2) is 46.8 Å². The summed E-state index contributed by atoms with van der Waals surface area (Å²) in [6.07, 6.45) is 7.93. The standard InChI is InChI=1S/C29H25F2N3O4/c30-28(31)38-24-3-1-2-20-25(24)22-10-23(34-26(20)35)19-7-6-15-4-5-16(8-17(15)9-21(19)22)18-11-32-27(33-12-18)29(36)13-37-14-29/h1-5,8-9,11-12,19,22-23,28,36H,6-7,10,13-14H2,(H,34,35)/t19?,22-,23?/m1/s1. The number of aryl methyl sites for hydroxylation is 1. The highest BCUT2D eigenvalue weighted by molar-refractivity contribution is 5.98. The number of carbonyl (C=O) groups excluding carboxylic acids is 1. The van der Waals surface area contributed by atoms with E-state index in [-0.39, 0.29) is 42.7 Å². The molecule has 38 heavy (non-hydrogen) atoms. The van der Waals surface area contributed by atoms with Gasteiger partial charge in [0.05, 0.1) is 13.2 Å². The van der Waals surface area contributed by atoms with Crippen molar-refractivity contribution in [2.75, 3.05) is 13.2 Å². The van der Waals surface area contributed by atoms with Crippen LogP contribution in [0.1, 0.15) is 51.6 Å². The van der Waals surface area contributed by atoms with E-state index in [9.17, 15) is 18.7 Å². The van der Waals surface area contributed by atoms with Crippen molar-refractivity contribution in [1.29, 1.82) is 0 Å². The summed E-state index contributed by atoms with van der Waals surface area (Å²) in [5, 5.41) is 13.6. The second kappa shape index (κ2) is 8.68. The number of aliphatic hydroxyl groups is 1. The molecule has 2 aliphatic heterocycles. The fraction of sp³-hybridized carbons (Fsp3) is 0.345. The molecular formula is C29H25F2N3O4. The molecule has 2 unspecified atom stereocenters. The van der Waals surface area contributed by atoms with Gasteiger partial charge in [-0.3, -0.25) is 4.79 Å². The zero-order chi connectivity index (χ0) is 26.0. The minimum absolute atomic E-state index is 0.0637. The average molecular weight is 518 g/mol. The fourth-order valence-corrected chi connectivity index (χ4v) is 6.38. The molecular weight excluding hydrogens is 492 g/mol. The molecule has 3 atom stereocenters. The summed E-state index contributed by atoms with van der Waals surface area (Å²) >= 11 is 0. The van der Waals surface area contributed by atoms with Crippen LogP contribution >= 0.6 is 0 Å². The molecule has 2 bridgehead atoms. The Morgan fingerprint density at radius 2 is 1.95 bits per heavy atom. The summed E-state index contributed by atoms with van der Waals surface area (Å²) in [5.41, 5.74) is 4.96. The molecule has 7 nitrogen and oxygen atoms in total. The Kier molecular flexibility index (Phi) is 5.35. The highest BCUT2D eigenvalue weighted by Gasteiger charge is 2.46. The third-order valence-electron chi connectivity index (χ3n) is 8.27. The van der Waals surface area contributed by atoms with Gasteiger partial charge >= 0.3 is 6.61 Å². The van der Waals surface area contributed by atoms with Crippen molar-refractivity contribution in [3.8, 4) is 16.9 Å². The molecule has 0 spiro atoms. The van der Waals surface area contributed by atoms with Crippen molar-refractivity contribution in [3.63, 3.8) is 0 Å². The maximum Gasteiger partial charge on any atom is 0.387 e. The van der Waals surface area contributed by atoms with Gasteiger partial charge in [-0.2, -0.15) is 8.78 Å². The van der Waals surface area contributed by atoms with E-state index in [2.05, 4.69) is 33.5 Å². The molecule has 194 valence electrons. The predicted molar refractivity (Wildman–Crippen MR) is 134 cm³/mol. The Balaban J connectivity index is 1.29. The van der Waals surface area contributed by atoms with Crippen LogP contribution in [0.25, 0.3) is 17.2 Å². The molecule has 1 aromatic heterocycles. The van der Waals surface area contributed by atoms with Gasteiger partial charge in [0.1, 0.15) is 5.75 Å². The Morgan fingerprint density at radius 3 is 2.68 bits per heavy atom. The van der Waals surface area contributed by atoms with Crippen molar-refractivity contribution >= 4 is 12.0 Å². The maximum atomic E-state index is 13.3. The minimum atomic E-state index is -2.97. The van der Waals surface area contributed by atoms with Gasteiger partial charge < -0.3 is 19.9 Å². The monoisotopic (exact) mass is 517 g/mol. The first-order valence-electron chi connectivity index (χ1n) is 12.8.